The van der Waals surface area contributed by atoms with Crippen molar-refractivity contribution < 1.29 is 24.2 Å². The van der Waals surface area contributed by atoms with Crippen LogP contribution in [0.3, 0.4) is 0 Å². The predicted molar refractivity (Wildman–Crippen MR) is 81.2 cm³/mol. The molecule has 23 heavy (non-hydrogen) atoms. The lowest BCUT2D eigenvalue weighted by Crippen LogP contribution is -2.54. The van der Waals surface area contributed by atoms with Crippen LogP contribution in [0.1, 0.15) is 17.9 Å². The van der Waals surface area contributed by atoms with Crippen LogP contribution in [0.15, 0.2) is 24.3 Å². The van der Waals surface area contributed by atoms with Crippen molar-refractivity contribution in [2.24, 2.45) is 0 Å². The van der Waals surface area contributed by atoms with Crippen LogP contribution in [0.5, 0.6) is 0 Å². The molecule has 1 aromatic rings. The van der Waals surface area contributed by atoms with Gasteiger partial charge in [-0.3, -0.25) is 9.59 Å². The van der Waals surface area contributed by atoms with Crippen molar-refractivity contribution in [1.29, 1.82) is 0 Å². The number of carbonyl (C=O) groups is 3. The van der Waals surface area contributed by atoms with E-state index in [1.807, 2.05) is 18.2 Å². The number of anilines is 1. The van der Waals surface area contributed by atoms with Gasteiger partial charge in [0, 0.05) is 25.7 Å². The normalized spacial score (nSPS) is 24.3. The Labute approximate surface area is 133 Å². The number of carbonyl (C=O) groups excluding carboxylic acids is 2. The van der Waals surface area contributed by atoms with Crippen molar-refractivity contribution in [2.75, 3.05) is 31.7 Å². The van der Waals surface area contributed by atoms with Gasteiger partial charge in [0.05, 0.1) is 19.1 Å². The Morgan fingerprint density at radius 1 is 1.30 bits per heavy atom. The molecule has 2 atom stereocenters. The summed E-state index contributed by atoms with van der Waals surface area (Å²) in [5, 5.41) is 9.30. The topological polar surface area (TPSA) is 87.2 Å². The van der Waals surface area contributed by atoms with Crippen molar-refractivity contribution in [3.05, 3.63) is 29.8 Å². The molecule has 2 amide bonds. The van der Waals surface area contributed by atoms with Gasteiger partial charge in [-0.2, -0.15) is 0 Å². The van der Waals surface area contributed by atoms with Crippen molar-refractivity contribution in [3.63, 3.8) is 0 Å². The minimum Gasteiger partial charge on any atom is -0.480 e. The molecule has 0 bridgehead atoms. The van der Waals surface area contributed by atoms with Gasteiger partial charge in [-0.05, 0) is 11.6 Å². The SMILES string of the molecule is CN1C(=O)C[C@H](C(=O)N2CCOC[C@H]2C(=O)O)c2ccccc21. The summed E-state index contributed by atoms with van der Waals surface area (Å²) in [7, 11) is 1.68. The molecule has 7 heteroatoms. The molecule has 1 aromatic carbocycles. The smallest absolute Gasteiger partial charge is 0.328 e. The highest BCUT2D eigenvalue weighted by Gasteiger charge is 2.40. The number of ether oxygens (including phenoxy) is 1. The highest BCUT2D eigenvalue weighted by Crippen LogP contribution is 2.36. The summed E-state index contributed by atoms with van der Waals surface area (Å²) < 4.78 is 5.17. The molecule has 2 aliphatic rings. The van der Waals surface area contributed by atoms with Crippen molar-refractivity contribution in [1.82, 2.24) is 4.90 Å². The van der Waals surface area contributed by atoms with Crippen molar-refractivity contribution in [2.45, 2.75) is 18.4 Å². The number of morpholine rings is 1. The van der Waals surface area contributed by atoms with Gasteiger partial charge in [-0.25, -0.2) is 4.79 Å². The Morgan fingerprint density at radius 2 is 2.04 bits per heavy atom. The maximum absolute atomic E-state index is 12.9. The molecule has 1 N–H and O–H groups in total. The Kier molecular flexibility index (Phi) is 4.04. The Bertz CT molecular complexity index is 660. The van der Waals surface area contributed by atoms with Crippen LogP contribution in [0.25, 0.3) is 0 Å². The molecule has 0 aliphatic carbocycles. The number of hydrogen-bond donors (Lipinski definition) is 1. The lowest BCUT2D eigenvalue weighted by molar-refractivity contribution is -0.159. The van der Waals surface area contributed by atoms with Crippen molar-refractivity contribution in [3.8, 4) is 0 Å². The minimum absolute atomic E-state index is 0.0245. The number of carboxylic acid groups (broad SMARTS) is 1. The third-order valence-corrected chi connectivity index (χ3v) is 4.42. The number of aliphatic carboxylic acids is 1. The number of nitrogens with zero attached hydrogens (tertiary/aromatic N) is 2. The maximum Gasteiger partial charge on any atom is 0.328 e. The third kappa shape index (κ3) is 2.68. The second-order valence-electron chi connectivity index (χ2n) is 5.73. The fourth-order valence-corrected chi connectivity index (χ4v) is 3.14. The predicted octanol–water partition coefficient (Wildman–Crippen LogP) is 0.449. The fraction of sp³-hybridized carbons (Fsp3) is 0.438. The average molecular weight is 318 g/mol. The van der Waals surface area contributed by atoms with Crippen LogP contribution >= 0.6 is 0 Å². The van der Waals surface area contributed by atoms with E-state index in [1.54, 1.807) is 13.1 Å². The van der Waals surface area contributed by atoms with Crippen molar-refractivity contribution >= 4 is 23.5 Å². The van der Waals surface area contributed by atoms with E-state index in [0.717, 1.165) is 5.56 Å². The first kappa shape index (κ1) is 15.5. The molecule has 2 heterocycles. The van der Waals surface area contributed by atoms with Crippen LogP contribution in [0.4, 0.5) is 5.69 Å². The first-order valence-electron chi connectivity index (χ1n) is 7.47. The highest BCUT2D eigenvalue weighted by molar-refractivity contribution is 6.03. The summed E-state index contributed by atoms with van der Waals surface area (Å²) in [4.78, 5) is 39.3. The van der Waals surface area contributed by atoms with Gasteiger partial charge in [-0.15, -0.1) is 0 Å². The molecule has 0 spiro atoms. The number of fused-ring (bicyclic) bond motifs is 1. The average Bonchev–Trinajstić information content (AvgIpc) is 2.57. The van der Waals surface area contributed by atoms with E-state index < -0.39 is 17.9 Å². The molecule has 2 aliphatic heterocycles. The Hall–Kier alpha value is -2.41. The number of amides is 2. The second-order valence-corrected chi connectivity index (χ2v) is 5.73. The minimum atomic E-state index is -1.09. The van der Waals surface area contributed by atoms with E-state index in [-0.39, 0.29) is 31.4 Å². The summed E-state index contributed by atoms with van der Waals surface area (Å²) in [6.45, 7) is 0.500. The van der Waals surface area contributed by atoms with Gasteiger partial charge in [-0.1, -0.05) is 18.2 Å². The highest BCUT2D eigenvalue weighted by atomic mass is 16.5. The van der Waals surface area contributed by atoms with E-state index in [2.05, 4.69) is 0 Å². The lowest BCUT2D eigenvalue weighted by atomic mass is 9.88. The Balaban J connectivity index is 1.94. The molecule has 1 saturated heterocycles. The summed E-state index contributed by atoms with van der Waals surface area (Å²) in [5.74, 6) is -2.21. The molecular weight excluding hydrogens is 300 g/mol. The van der Waals surface area contributed by atoms with E-state index in [4.69, 9.17) is 4.74 Å². The zero-order chi connectivity index (χ0) is 16.6. The summed E-state index contributed by atoms with van der Waals surface area (Å²) in [6, 6.07) is 6.23. The van der Waals surface area contributed by atoms with Crippen LogP contribution in [0.2, 0.25) is 0 Å². The van der Waals surface area contributed by atoms with Gasteiger partial charge in [0.25, 0.3) is 0 Å². The summed E-state index contributed by atoms with van der Waals surface area (Å²) in [5.41, 5.74) is 1.46. The first-order chi connectivity index (χ1) is 11.0. The molecular formula is C16H18N2O5. The van der Waals surface area contributed by atoms with Gasteiger partial charge < -0.3 is 19.6 Å². The molecule has 0 unspecified atom stereocenters. The van der Waals surface area contributed by atoms with Crippen LogP contribution in [0, 0.1) is 0 Å². The van der Waals surface area contributed by atoms with Gasteiger partial charge in [0.15, 0.2) is 6.04 Å². The van der Waals surface area contributed by atoms with E-state index in [9.17, 15) is 19.5 Å². The molecule has 3 rings (SSSR count). The standard InChI is InChI=1S/C16H18N2O5/c1-17-12-5-3-2-4-10(12)11(8-14(17)19)15(20)18-6-7-23-9-13(18)16(21)22/h2-5,11,13H,6-9H2,1H3,(H,21,22)/t11-,13-/m0/s1. The number of rotatable bonds is 2. The quantitative estimate of drug-likeness (QED) is 0.855. The molecule has 1 fully saturated rings. The lowest BCUT2D eigenvalue weighted by Gasteiger charge is -2.38. The van der Waals surface area contributed by atoms with Gasteiger partial charge in [0.1, 0.15) is 0 Å². The van der Waals surface area contributed by atoms with Crippen LogP contribution in [-0.2, 0) is 19.1 Å². The van der Waals surface area contributed by atoms with E-state index >= 15 is 0 Å². The third-order valence-electron chi connectivity index (χ3n) is 4.42. The van der Waals surface area contributed by atoms with Gasteiger partial charge in [0.2, 0.25) is 11.8 Å². The molecule has 7 nitrogen and oxygen atoms in total. The number of benzene rings is 1. The largest absolute Gasteiger partial charge is 0.480 e. The van der Waals surface area contributed by atoms with Crippen LogP contribution in [-0.4, -0.2) is 60.6 Å². The Morgan fingerprint density at radius 3 is 2.78 bits per heavy atom. The molecule has 0 radical (unpaired) electrons. The fourth-order valence-electron chi connectivity index (χ4n) is 3.14. The first-order valence-corrected chi connectivity index (χ1v) is 7.47. The van der Waals surface area contributed by atoms with Gasteiger partial charge >= 0.3 is 5.97 Å². The maximum atomic E-state index is 12.9. The molecule has 122 valence electrons. The zero-order valence-corrected chi connectivity index (χ0v) is 12.8. The monoisotopic (exact) mass is 318 g/mol. The number of carboxylic acids is 1. The van der Waals surface area contributed by atoms with E-state index in [0.29, 0.717) is 12.3 Å². The number of para-hydroxylation sites is 1. The molecule has 0 aromatic heterocycles. The number of hydrogen-bond acceptors (Lipinski definition) is 4. The summed E-state index contributed by atoms with van der Waals surface area (Å²) in [6.07, 6.45) is 0.0516. The van der Waals surface area contributed by atoms with Crippen LogP contribution < -0.4 is 4.90 Å². The zero-order valence-electron chi connectivity index (χ0n) is 12.8. The molecule has 0 saturated carbocycles. The second kappa shape index (κ2) is 6.00. The summed E-state index contributed by atoms with van der Waals surface area (Å²) >= 11 is 0. The van der Waals surface area contributed by atoms with E-state index in [1.165, 1.54) is 9.80 Å².